The van der Waals surface area contributed by atoms with Gasteiger partial charge in [-0.3, -0.25) is 4.79 Å². The number of carbonyl (C=O) groups excluding carboxylic acids is 1. The zero-order chi connectivity index (χ0) is 16.5. The van der Waals surface area contributed by atoms with Crippen molar-refractivity contribution in [3.05, 3.63) is 29.8 Å². The van der Waals surface area contributed by atoms with Crippen LogP contribution in [0.1, 0.15) is 44.3 Å². The highest BCUT2D eigenvalue weighted by Crippen LogP contribution is 2.30. The van der Waals surface area contributed by atoms with Crippen LogP contribution in [0.15, 0.2) is 18.2 Å². The third-order valence-electron chi connectivity index (χ3n) is 5.06. The zero-order valence-corrected chi connectivity index (χ0v) is 13.6. The summed E-state index contributed by atoms with van der Waals surface area (Å²) in [6, 6.07) is 4.67. The molecular formula is C18H21FN4O. The zero-order valence-electron chi connectivity index (χ0n) is 13.6. The molecule has 0 spiro atoms. The van der Waals surface area contributed by atoms with Crippen LogP contribution < -0.4 is 5.32 Å². The normalized spacial score (nSPS) is 17.7. The minimum absolute atomic E-state index is 0.0267. The van der Waals surface area contributed by atoms with Crippen molar-refractivity contribution >= 4 is 11.6 Å². The van der Waals surface area contributed by atoms with E-state index in [0.29, 0.717) is 17.1 Å². The van der Waals surface area contributed by atoms with Crippen LogP contribution in [0.5, 0.6) is 0 Å². The van der Waals surface area contributed by atoms with Crippen LogP contribution in [-0.4, -0.2) is 20.7 Å². The summed E-state index contributed by atoms with van der Waals surface area (Å²) in [5.41, 5.74) is 1.02. The number of hydrogen-bond donors (Lipinski definition) is 1. The number of fused-ring (bicyclic) bond motifs is 1. The molecule has 1 aliphatic heterocycles. The van der Waals surface area contributed by atoms with Crippen LogP contribution in [0.3, 0.4) is 0 Å². The number of aromatic nitrogens is 3. The van der Waals surface area contributed by atoms with Gasteiger partial charge in [0.2, 0.25) is 5.91 Å². The number of anilines is 1. The van der Waals surface area contributed by atoms with Crippen molar-refractivity contribution in [1.82, 2.24) is 14.8 Å². The minimum atomic E-state index is -0.337. The van der Waals surface area contributed by atoms with Gasteiger partial charge in [0.15, 0.2) is 5.82 Å². The number of carbonyl (C=O) groups is 1. The average molecular weight is 328 g/mol. The fraction of sp³-hybridized carbons (Fsp3) is 0.500. The van der Waals surface area contributed by atoms with Crippen LogP contribution >= 0.6 is 0 Å². The van der Waals surface area contributed by atoms with Gasteiger partial charge < -0.3 is 9.88 Å². The first-order valence-corrected chi connectivity index (χ1v) is 8.75. The lowest BCUT2D eigenvalue weighted by molar-refractivity contribution is -0.122. The molecule has 6 heteroatoms. The Bertz CT molecular complexity index is 766. The maximum absolute atomic E-state index is 14.4. The van der Waals surface area contributed by atoms with Crippen molar-refractivity contribution in [2.24, 2.45) is 5.92 Å². The van der Waals surface area contributed by atoms with E-state index in [2.05, 4.69) is 15.5 Å². The second-order valence-electron chi connectivity index (χ2n) is 6.71. The van der Waals surface area contributed by atoms with E-state index < -0.39 is 0 Å². The molecule has 5 nitrogen and oxygen atoms in total. The Labute approximate surface area is 140 Å². The van der Waals surface area contributed by atoms with Crippen LogP contribution in [0.4, 0.5) is 10.1 Å². The first kappa shape index (κ1) is 15.3. The molecule has 1 aromatic heterocycles. The van der Waals surface area contributed by atoms with Gasteiger partial charge in [0.25, 0.3) is 0 Å². The van der Waals surface area contributed by atoms with Gasteiger partial charge in [-0.2, -0.15) is 0 Å². The summed E-state index contributed by atoms with van der Waals surface area (Å²) in [4.78, 5) is 12.1. The number of hydrogen-bond acceptors (Lipinski definition) is 3. The molecule has 24 heavy (non-hydrogen) atoms. The quantitative estimate of drug-likeness (QED) is 0.937. The van der Waals surface area contributed by atoms with Gasteiger partial charge >= 0.3 is 0 Å². The minimum Gasteiger partial charge on any atom is -0.326 e. The van der Waals surface area contributed by atoms with Crippen molar-refractivity contribution in [2.45, 2.75) is 51.5 Å². The Balaban J connectivity index is 1.64. The standard InChI is InChI=1S/C18H21FN4O/c19-15-9-8-13(20-18(24)12-5-4-6-12)11-14(15)17-22-21-16-7-2-1-3-10-23(16)17/h8-9,11-12H,1-7,10H2,(H,20,24). The molecule has 126 valence electrons. The van der Waals surface area contributed by atoms with Crippen LogP contribution in [-0.2, 0) is 17.8 Å². The maximum atomic E-state index is 14.4. The predicted octanol–water partition coefficient (Wildman–Crippen LogP) is 3.55. The summed E-state index contributed by atoms with van der Waals surface area (Å²) in [5.74, 6) is 1.27. The van der Waals surface area contributed by atoms with E-state index in [1.165, 1.54) is 6.07 Å². The fourth-order valence-electron chi connectivity index (χ4n) is 3.37. The number of halogens is 1. The van der Waals surface area contributed by atoms with E-state index in [1.54, 1.807) is 12.1 Å². The monoisotopic (exact) mass is 328 g/mol. The Kier molecular flexibility index (Phi) is 4.04. The number of nitrogens with one attached hydrogen (secondary N) is 1. The van der Waals surface area contributed by atoms with E-state index in [-0.39, 0.29) is 17.6 Å². The van der Waals surface area contributed by atoms with Gasteiger partial charge in [-0.05, 0) is 43.9 Å². The second-order valence-corrected chi connectivity index (χ2v) is 6.71. The van der Waals surface area contributed by atoms with Crippen LogP contribution in [0.25, 0.3) is 11.4 Å². The Morgan fingerprint density at radius 1 is 1.17 bits per heavy atom. The molecular weight excluding hydrogens is 307 g/mol. The van der Waals surface area contributed by atoms with Crippen molar-refractivity contribution in [2.75, 3.05) is 5.32 Å². The number of amides is 1. The van der Waals surface area contributed by atoms with E-state index in [1.807, 2.05) is 4.57 Å². The lowest BCUT2D eigenvalue weighted by Crippen LogP contribution is -2.28. The summed E-state index contributed by atoms with van der Waals surface area (Å²) >= 11 is 0. The third-order valence-corrected chi connectivity index (χ3v) is 5.06. The molecule has 2 aliphatic rings. The summed E-state index contributed by atoms with van der Waals surface area (Å²) < 4.78 is 16.4. The molecule has 1 fully saturated rings. The van der Waals surface area contributed by atoms with Gasteiger partial charge in [-0.25, -0.2) is 4.39 Å². The summed E-state index contributed by atoms with van der Waals surface area (Å²) in [5, 5.41) is 11.4. The molecule has 4 rings (SSSR count). The van der Waals surface area contributed by atoms with Crippen molar-refractivity contribution in [3.8, 4) is 11.4 Å². The highest BCUT2D eigenvalue weighted by Gasteiger charge is 2.25. The average Bonchev–Trinajstić information content (AvgIpc) is 2.76. The smallest absolute Gasteiger partial charge is 0.227 e. The molecule has 0 unspecified atom stereocenters. The maximum Gasteiger partial charge on any atom is 0.227 e. The molecule has 2 heterocycles. The molecule has 0 bridgehead atoms. The Hall–Kier alpha value is -2.24. The highest BCUT2D eigenvalue weighted by molar-refractivity contribution is 5.93. The highest BCUT2D eigenvalue weighted by atomic mass is 19.1. The van der Waals surface area contributed by atoms with E-state index in [0.717, 1.165) is 57.3 Å². The van der Waals surface area contributed by atoms with Crippen molar-refractivity contribution < 1.29 is 9.18 Å². The first-order valence-electron chi connectivity index (χ1n) is 8.75. The third kappa shape index (κ3) is 2.81. The largest absolute Gasteiger partial charge is 0.326 e. The van der Waals surface area contributed by atoms with Gasteiger partial charge in [-0.1, -0.05) is 12.8 Å². The molecule has 1 aromatic carbocycles. The first-order chi connectivity index (χ1) is 11.7. The van der Waals surface area contributed by atoms with Gasteiger partial charge in [0.05, 0.1) is 5.56 Å². The molecule has 1 aliphatic carbocycles. The summed E-state index contributed by atoms with van der Waals surface area (Å²) in [7, 11) is 0. The van der Waals surface area contributed by atoms with Gasteiger partial charge in [0, 0.05) is 24.6 Å². The number of benzene rings is 1. The summed E-state index contributed by atoms with van der Waals surface area (Å²) in [6.45, 7) is 0.815. The number of aryl methyl sites for hydroxylation is 1. The van der Waals surface area contributed by atoms with E-state index in [9.17, 15) is 9.18 Å². The number of rotatable bonds is 3. The van der Waals surface area contributed by atoms with Gasteiger partial charge in [0.1, 0.15) is 11.6 Å². The lowest BCUT2D eigenvalue weighted by atomic mass is 9.85. The summed E-state index contributed by atoms with van der Waals surface area (Å²) in [6.07, 6.45) is 7.18. The predicted molar refractivity (Wildman–Crippen MR) is 88.9 cm³/mol. The molecule has 0 atom stereocenters. The molecule has 1 saturated carbocycles. The molecule has 0 saturated heterocycles. The van der Waals surface area contributed by atoms with E-state index >= 15 is 0 Å². The van der Waals surface area contributed by atoms with Crippen molar-refractivity contribution in [3.63, 3.8) is 0 Å². The SMILES string of the molecule is O=C(Nc1ccc(F)c(-c2nnc3n2CCCCC3)c1)C1CCC1. The molecule has 0 radical (unpaired) electrons. The van der Waals surface area contributed by atoms with Crippen LogP contribution in [0.2, 0.25) is 0 Å². The molecule has 1 amide bonds. The van der Waals surface area contributed by atoms with Crippen molar-refractivity contribution in [1.29, 1.82) is 0 Å². The molecule has 1 N–H and O–H groups in total. The lowest BCUT2D eigenvalue weighted by Gasteiger charge is -2.24. The second kappa shape index (κ2) is 6.34. The molecule has 2 aromatic rings. The number of nitrogens with zero attached hydrogens (tertiary/aromatic N) is 3. The van der Waals surface area contributed by atoms with Crippen LogP contribution in [0, 0.1) is 11.7 Å². The van der Waals surface area contributed by atoms with Gasteiger partial charge in [-0.15, -0.1) is 10.2 Å². The Morgan fingerprint density at radius 3 is 2.83 bits per heavy atom. The Morgan fingerprint density at radius 2 is 2.04 bits per heavy atom. The fourth-order valence-corrected chi connectivity index (χ4v) is 3.37. The van der Waals surface area contributed by atoms with E-state index in [4.69, 9.17) is 0 Å². The topological polar surface area (TPSA) is 59.8 Å².